The van der Waals surface area contributed by atoms with E-state index in [2.05, 4.69) is 10.3 Å². The third-order valence-electron chi connectivity index (χ3n) is 4.93. The Morgan fingerprint density at radius 3 is 2.70 bits per heavy atom. The maximum atomic E-state index is 12.4. The summed E-state index contributed by atoms with van der Waals surface area (Å²) < 4.78 is 2.03. The Labute approximate surface area is 157 Å². The van der Waals surface area contributed by atoms with E-state index in [-0.39, 0.29) is 11.8 Å². The molecule has 1 aliphatic rings. The van der Waals surface area contributed by atoms with Crippen LogP contribution in [0.15, 0.2) is 54.9 Å². The van der Waals surface area contributed by atoms with E-state index in [1.807, 2.05) is 41.0 Å². The monoisotopic (exact) mass is 362 g/mol. The van der Waals surface area contributed by atoms with Gasteiger partial charge < -0.3 is 14.8 Å². The van der Waals surface area contributed by atoms with E-state index in [0.29, 0.717) is 25.1 Å². The van der Waals surface area contributed by atoms with E-state index in [9.17, 15) is 9.59 Å². The van der Waals surface area contributed by atoms with E-state index in [1.165, 1.54) is 0 Å². The third kappa shape index (κ3) is 3.69. The van der Waals surface area contributed by atoms with E-state index >= 15 is 0 Å². The number of para-hydroxylation sites is 2. The number of anilines is 1. The smallest absolute Gasteiger partial charge is 0.251 e. The van der Waals surface area contributed by atoms with Crippen LogP contribution in [0.4, 0.5) is 5.69 Å². The highest BCUT2D eigenvalue weighted by Gasteiger charge is 2.19. The van der Waals surface area contributed by atoms with Crippen molar-refractivity contribution in [2.45, 2.75) is 25.8 Å². The summed E-state index contributed by atoms with van der Waals surface area (Å²) in [6.07, 6.45) is 4.38. The third-order valence-corrected chi connectivity index (χ3v) is 4.93. The molecule has 1 fully saturated rings. The Hall–Kier alpha value is -3.15. The number of nitrogens with one attached hydrogen (secondary N) is 1. The number of carbonyl (C=O) groups excluding carboxylic acids is 2. The normalized spacial score (nSPS) is 14.5. The molecule has 0 unspecified atom stereocenters. The summed E-state index contributed by atoms with van der Waals surface area (Å²) in [5, 5.41) is 2.94. The lowest BCUT2D eigenvalue weighted by Gasteiger charge is -2.26. The van der Waals surface area contributed by atoms with Crippen molar-refractivity contribution in [3.05, 3.63) is 60.4 Å². The molecule has 6 heteroatoms. The molecule has 2 heterocycles. The first-order chi connectivity index (χ1) is 13.2. The number of nitrogens with zero attached hydrogens (tertiary/aromatic N) is 3. The zero-order valence-corrected chi connectivity index (χ0v) is 15.1. The number of carbonyl (C=O) groups is 2. The van der Waals surface area contributed by atoms with Crippen molar-refractivity contribution in [1.82, 2.24) is 14.9 Å². The van der Waals surface area contributed by atoms with Crippen LogP contribution in [0.1, 0.15) is 29.6 Å². The number of aromatic nitrogens is 2. The first kappa shape index (κ1) is 17.3. The second kappa shape index (κ2) is 7.61. The molecule has 0 aliphatic carbocycles. The quantitative estimate of drug-likeness (QED) is 0.759. The van der Waals surface area contributed by atoms with Crippen LogP contribution >= 0.6 is 0 Å². The van der Waals surface area contributed by atoms with Crippen LogP contribution in [0, 0.1) is 0 Å². The van der Waals surface area contributed by atoms with Crippen molar-refractivity contribution in [3.8, 4) is 0 Å². The van der Waals surface area contributed by atoms with Crippen LogP contribution in [-0.2, 0) is 11.3 Å². The van der Waals surface area contributed by atoms with Gasteiger partial charge in [-0.15, -0.1) is 0 Å². The Morgan fingerprint density at radius 1 is 1.07 bits per heavy atom. The van der Waals surface area contributed by atoms with Gasteiger partial charge in [0.2, 0.25) is 5.91 Å². The van der Waals surface area contributed by atoms with Crippen LogP contribution in [0.2, 0.25) is 0 Å². The molecule has 4 rings (SSSR count). The fourth-order valence-corrected chi connectivity index (χ4v) is 3.45. The summed E-state index contributed by atoms with van der Waals surface area (Å²) in [6.45, 7) is 1.93. The molecular formula is C21H22N4O2. The van der Waals surface area contributed by atoms with Crippen LogP contribution in [0.3, 0.4) is 0 Å². The van der Waals surface area contributed by atoms with Gasteiger partial charge in [-0.2, -0.15) is 0 Å². The van der Waals surface area contributed by atoms with Crippen molar-refractivity contribution in [1.29, 1.82) is 0 Å². The largest absolute Gasteiger partial charge is 0.350 e. The molecule has 3 aromatic rings. The molecule has 1 N–H and O–H groups in total. The molecule has 0 saturated carbocycles. The van der Waals surface area contributed by atoms with Gasteiger partial charge in [0, 0.05) is 37.3 Å². The fraction of sp³-hybridized carbons (Fsp3) is 0.286. The fourth-order valence-electron chi connectivity index (χ4n) is 3.45. The predicted octanol–water partition coefficient (Wildman–Crippen LogP) is 2.98. The lowest BCUT2D eigenvalue weighted by Crippen LogP contribution is -2.35. The van der Waals surface area contributed by atoms with Gasteiger partial charge in [-0.05, 0) is 49.2 Å². The molecule has 1 saturated heterocycles. The van der Waals surface area contributed by atoms with Crippen LogP contribution in [-0.4, -0.2) is 34.5 Å². The number of rotatable bonds is 5. The number of amides is 2. The SMILES string of the molecule is O=C(NCCn1cnc2ccccc21)c1ccc(N2CCCCC2=O)cc1. The molecule has 0 atom stereocenters. The molecule has 1 aliphatic heterocycles. The molecular weight excluding hydrogens is 340 g/mol. The van der Waals surface area contributed by atoms with Gasteiger partial charge in [0.05, 0.1) is 17.4 Å². The number of piperidine rings is 1. The maximum absolute atomic E-state index is 12.4. The summed E-state index contributed by atoms with van der Waals surface area (Å²) in [5.41, 5.74) is 3.47. The van der Waals surface area contributed by atoms with Gasteiger partial charge in [-0.1, -0.05) is 12.1 Å². The summed E-state index contributed by atoms with van der Waals surface area (Å²) in [5.74, 6) is 0.0435. The topological polar surface area (TPSA) is 67.2 Å². The summed E-state index contributed by atoms with van der Waals surface area (Å²) >= 11 is 0. The lowest BCUT2D eigenvalue weighted by molar-refractivity contribution is -0.119. The zero-order chi connectivity index (χ0) is 18.6. The van der Waals surface area contributed by atoms with Gasteiger partial charge in [0.1, 0.15) is 0 Å². The second-order valence-corrected chi connectivity index (χ2v) is 6.73. The van der Waals surface area contributed by atoms with Crippen LogP contribution < -0.4 is 10.2 Å². The highest BCUT2D eigenvalue weighted by atomic mass is 16.2. The Morgan fingerprint density at radius 2 is 1.89 bits per heavy atom. The molecule has 0 spiro atoms. The Balaban J connectivity index is 1.35. The molecule has 2 amide bonds. The highest BCUT2D eigenvalue weighted by molar-refractivity contribution is 5.96. The van der Waals surface area contributed by atoms with Crippen LogP contribution in [0.5, 0.6) is 0 Å². The van der Waals surface area contributed by atoms with Gasteiger partial charge in [0.25, 0.3) is 5.91 Å². The summed E-state index contributed by atoms with van der Waals surface area (Å²) in [7, 11) is 0. The Bertz CT molecular complexity index is 962. The molecule has 0 bridgehead atoms. The summed E-state index contributed by atoms with van der Waals surface area (Å²) in [6, 6.07) is 15.2. The second-order valence-electron chi connectivity index (χ2n) is 6.73. The van der Waals surface area contributed by atoms with E-state index in [1.54, 1.807) is 23.4 Å². The van der Waals surface area contributed by atoms with Crippen molar-refractivity contribution in [2.24, 2.45) is 0 Å². The first-order valence-corrected chi connectivity index (χ1v) is 9.31. The maximum Gasteiger partial charge on any atom is 0.251 e. The molecule has 0 radical (unpaired) electrons. The van der Waals surface area contributed by atoms with Gasteiger partial charge in [-0.3, -0.25) is 9.59 Å². The molecule has 27 heavy (non-hydrogen) atoms. The predicted molar refractivity (Wildman–Crippen MR) is 105 cm³/mol. The van der Waals surface area contributed by atoms with Gasteiger partial charge in [-0.25, -0.2) is 4.98 Å². The Kier molecular flexibility index (Phi) is 4.87. The molecule has 2 aromatic carbocycles. The number of benzene rings is 2. The lowest BCUT2D eigenvalue weighted by atomic mass is 10.1. The van der Waals surface area contributed by atoms with Crippen molar-refractivity contribution < 1.29 is 9.59 Å². The minimum Gasteiger partial charge on any atom is -0.350 e. The number of fused-ring (bicyclic) bond motifs is 1. The van der Waals surface area contributed by atoms with Gasteiger partial charge >= 0.3 is 0 Å². The van der Waals surface area contributed by atoms with Crippen molar-refractivity contribution >= 4 is 28.5 Å². The average molecular weight is 362 g/mol. The molecule has 138 valence electrons. The number of hydrogen-bond acceptors (Lipinski definition) is 3. The standard InChI is InChI=1S/C21H22N4O2/c26-20-7-3-4-13-25(20)17-10-8-16(9-11-17)21(27)22-12-14-24-15-23-18-5-1-2-6-19(18)24/h1-2,5-6,8-11,15H,3-4,7,12-14H2,(H,22,27). The van der Waals surface area contributed by atoms with E-state index in [4.69, 9.17) is 0 Å². The summed E-state index contributed by atoms with van der Waals surface area (Å²) in [4.78, 5) is 30.5. The van der Waals surface area contributed by atoms with Crippen LogP contribution in [0.25, 0.3) is 11.0 Å². The number of hydrogen-bond donors (Lipinski definition) is 1. The van der Waals surface area contributed by atoms with E-state index < -0.39 is 0 Å². The highest BCUT2D eigenvalue weighted by Crippen LogP contribution is 2.21. The van der Waals surface area contributed by atoms with Crippen molar-refractivity contribution in [2.75, 3.05) is 18.0 Å². The van der Waals surface area contributed by atoms with E-state index in [0.717, 1.165) is 36.1 Å². The number of imidazole rings is 1. The minimum absolute atomic E-state index is 0.115. The van der Waals surface area contributed by atoms with Gasteiger partial charge in [0.15, 0.2) is 0 Å². The molecule has 6 nitrogen and oxygen atoms in total. The molecule has 1 aromatic heterocycles. The zero-order valence-electron chi connectivity index (χ0n) is 15.1. The minimum atomic E-state index is -0.115. The first-order valence-electron chi connectivity index (χ1n) is 9.31. The average Bonchev–Trinajstić information content (AvgIpc) is 3.12. The van der Waals surface area contributed by atoms with Crippen molar-refractivity contribution in [3.63, 3.8) is 0 Å².